The van der Waals surface area contributed by atoms with Gasteiger partial charge in [-0.2, -0.15) is 0 Å². The van der Waals surface area contributed by atoms with Crippen LogP contribution in [0.25, 0.3) is 11.0 Å². The van der Waals surface area contributed by atoms with E-state index in [0.29, 0.717) is 17.1 Å². The van der Waals surface area contributed by atoms with E-state index in [2.05, 4.69) is 15.0 Å². The summed E-state index contributed by atoms with van der Waals surface area (Å²) in [5.74, 6) is -1.34. The van der Waals surface area contributed by atoms with Gasteiger partial charge in [-0.3, -0.25) is 9.59 Å². The maximum atomic E-state index is 13.1. The smallest absolute Gasteiger partial charge is 0.200 e. The molecule has 1 atom stereocenters. The number of aryl methyl sites for hydroxylation is 1. The number of benzene rings is 2. The summed E-state index contributed by atoms with van der Waals surface area (Å²) in [6, 6.07) is 16.3. The lowest BCUT2D eigenvalue weighted by Crippen LogP contribution is -2.24. The molecule has 1 N–H and O–H groups in total. The van der Waals surface area contributed by atoms with Crippen molar-refractivity contribution in [1.82, 2.24) is 15.0 Å². The Morgan fingerprint density at radius 3 is 2.38 bits per heavy atom. The predicted octanol–water partition coefficient (Wildman–Crippen LogP) is 4.18. The highest BCUT2D eigenvalue weighted by molar-refractivity contribution is 7.09. The molecule has 1 unspecified atom stereocenters. The minimum Gasteiger partial charge on any atom is -0.341 e. The van der Waals surface area contributed by atoms with Crippen molar-refractivity contribution in [3.8, 4) is 0 Å². The number of carbonyl (C=O) groups excluding carboxylic acids is 2. The molecule has 0 amide bonds. The lowest BCUT2D eigenvalue weighted by molar-refractivity contribution is 0.0853. The monoisotopic (exact) mass is 361 g/mol. The van der Waals surface area contributed by atoms with E-state index < -0.39 is 5.92 Å². The zero-order valence-corrected chi connectivity index (χ0v) is 14.8. The van der Waals surface area contributed by atoms with Crippen LogP contribution in [0.15, 0.2) is 60.0 Å². The van der Waals surface area contributed by atoms with Gasteiger partial charge in [0.2, 0.25) is 0 Å². The molecule has 2 heterocycles. The summed E-state index contributed by atoms with van der Waals surface area (Å²) in [6.07, 6.45) is 0. The Morgan fingerprint density at radius 2 is 1.69 bits per heavy atom. The Balaban J connectivity index is 1.83. The zero-order chi connectivity index (χ0) is 18.1. The summed E-state index contributed by atoms with van der Waals surface area (Å²) in [5, 5.41) is 2.47. The number of fused-ring (bicyclic) bond motifs is 1. The molecule has 0 radical (unpaired) electrons. The first-order valence-corrected chi connectivity index (χ1v) is 9.01. The number of hydrogen-bond donors (Lipinski definition) is 1. The van der Waals surface area contributed by atoms with Crippen LogP contribution in [-0.2, 0) is 0 Å². The van der Waals surface area contributed by atoms with E-state index in [1.807, 2.05) is 37.3 Å². The van der Waals surface area contributed by atoms with Crippen molar-refractivity contribution in [1.29, 1.82) is 0 Å². The molecule has 2 aromatic carbocycles. The van der Waals surface area contributed by atoms with Crippen LogP contribution in [-0.4, -0.2) is 26.5 Å². The van der Waals surface area contributed by atoms with Gasteiger partial charge in [0, 0.05) is 10.9 Å². The van der Waals surface area contributed by atoms with Gasteiger partial charge >= 0.3 is 0 Å². The molecule has 0 bridgehead atoms. The molecule has 26 heavy (non-hydrogen) atoms. The minimum absolute atomic E-state index is 0.291. The molecule has 0 saturated heterocycles. The molecule has 0 saturated carbocycles. The van der Waals surface area contributed by atoms with Crippen LogP contribution in [0.3, 0.4) is 0 Å². The van der Waals surface area contributed by atoms with Gasteiger partial charge in [0.25, 0.3) is 0 Å². The molecule has 0 spiro atoms. The van der Waals surface area contributed by atoms with Gasteiger partial charge in [0.05, 0.1) is 16.0 Å². The number of imidazole rings is 1. The number of hydrogen-bond acceptors (Lipinski definition) is 5. The van der Waals surface area contributed by atoms with Crippen LogP contribution in [0.4, 0.5) is 0 Å². The van der Waals surface area contributed by atoms with Crippen LogP contribution in [0, 0.1) is 6.92 Å². The summed E-state index contributed by atoms with van der Waals surface area (Å²) in [4.78, 5) is 38.1. The van der Waals surface area contributed by atoms with E-state index in [1.54, 1.807) is 29.6 Å². The second-order valence-corrected chi connectivity index (χ2v) is 6.98. The Hall–Kier alpha value is -3.12. The Kier molecular flexibility index (Phi) is 4.18. The number of aromatic nitrogens is 3. The van der Waals surface area contributed by atoms with Gasteiger partial charge in [-0.15, -0.1) is 11.3 Å². The first kappa shape index (κ1) is 16.4. The van der Waals surface area contributed by atoms with Gasteiger partial charge in [-0.1, -0.05) is 42.5 Å². The SMILES string of the molecule is Cc1nc(C(=O)C(C(=O)c2ccccc2)c2nc3ccccc3[nH]2)cs1. The van der Waals surface area contributed by atoms with Gasteiger partial charge in [-0.05, 0) is 19.1 Å². The molecule has 0 aliphatic heterocycles. The first-order valence-electron chi connectivity index (χ1n) is 8.14. The highest BCUT2D eigenvalue weighted by atomic mass is 32.1. The molecule has 0 aliphatic carbocycles. The number of Topliss-reactive ketones (excluding diaryl/α,β-unsaturated/α-hetero) is 2. The number of nitrogens with one attached hydrogen (secondary N) is 1. The molecule has 5 nitrogen and oxygen atoms in total. The number of nitrogens with zero attached hydrogens (tertiary/aromatic N) is 2. The zero-order valence-electron chi connectivity index (χ0n) is 14.0. The van der Waals surface area contributed by atoms with Crippen molar-refractivity contribution in [3.05, 3.63) is 82.1 Å². The third-order valence-corrected chi connectivity index (χ3v) is 4.91. The Labute approximate surface area is 153 Å². The van der Waals surface area contributed by atoms with Gasteiger partial charge in [0.1, 0.15) is 17.4 Å². The average Bonchev–Trinajstić information content (AvgIpc) is 3.28. The second kappa shape index (κ2) is 6.65. The standard InChI is InChI=1S/C20H15N3O2S/c1-12-21-16(11-26-12)19(25)17(18(24)13-7-3-2-4-8-13)20-22-14-9-5-6-10-15(14)23-20/h2-11,17H,1H3,(H,22,23). The molecule has 0 aliphatic rings. The molecule has 2 aromatic heterocycles. The summed E-state index contributed by atoms with van der Waals surface area (Å²) < 4.78 is 0. The van der Waals surface area contributed by atoms with Crippen molar-refractivity contribution in [2.45, 2.75) is 12.8 Å². The molecule has 4 aromatic rings. The molecular weight excluding hydrogens is 346 g/mol. The summed E-state index contributed by atoms with van der Waals surface area (Å²) >= 11 is 1.38. The van der Waals surface area contributed by atoms with Crippen molar-refractivity contribution in [2.75, 3.05) is 0 Å². The van der Waals surface area contributed by atoms with E-state index in [4.69, 9.17) is 0 Å². The summed E-state index contributed by atoms with van der Waals surface area (Å²) in [6.45, 7) is 1.83. The van der Waals surface area contributed by atoms with E-state index in [0.717, 1.165) is 16.0 Å². The van der Waals surface area contributed by atoms with Crippen molar-refractivity contribution >= 4 is 33.9 Å². The Morgan fingerprint density at radius 1 is 0.962 bits per heavy atom. The lowest BCUT2D eigenvalue weighted by Gasteiger charge is -2.11. The van der Waals surface area contributed by atoms with Crippen LogP contribution < -0.4 is 0 Å². The number of ketones is 2. The van der Waals surface area contributed by atoms with Gasteiger partial charge in [0.15, 0.2) is 11.6 Å². The van der Waals surface area contributed by atoms with Gasteiger partial charge in [-0.25, -0.2) is 9.97 Å². The third kappa shape index (κ3) is 2.95. The third-order valence-electron chi connectivity index (χ3n) is 4.14. The highest BCUT2D eigenvalue weighted by Gasteiger charge is 2.34. The number of para-hydroxylation sites is 2. The predicted molar refractivity (Wildman–Crippen MR) is 101 cm³/mol. The van der Waals surface area contributed by atoms with E-state index in [-0.39, 0.29) is 11.6 Å². The van der Waals surface area contributed by atoms with Crippen LogP contribution >= 0.6 is 11.3 Å². The molecule has 6 heteroatoms. The molecule has 0 fully saturated rings. The quantitative estimate of drug-likeness (QED) is 0.427. The fourth-order valence-electron chi connectivity index (χ4n) is 2.87. The van der Waals surface area contributed by atoms with Crippen molar-refractivity contribution in [3.63, 3.8) is 0 Å². The maximum absolute atomic E-state index is 13.1. The maximum Gasteiger partial charge on any atom is 0.200 e. The van der Waals surface area contributed by atoms with Crippen LogP contribution in [0.5, 0.6) is 0 Å². The van der Waals surface area contributed by atoms with Crippen LogP contribution in [0.1, 0.15) is 37.6 Å². The number of carbonyl (C=O) groups is 2. The molecular formula is C20H15N3O2S. The topological polar surface area (TPSA) is 75.7 Å². The van der Waals surface area contributed by atoms with Crippen LogP contribution in [0.2, 0.25) is 0 Å². The number of H-pyrrole nitrogens is 1. The van der Waals surface area contributed by atoms with E-state index >= 15 is 0 Å². The number of aromatic amines is 1. The Bertz CT molecular complexity index is 1070. The fourth-order valence-corrected chi connectivity index (χ4v) is 3.47. The van der Waals surface area contributed by atoms with Crippen molar-refractivity contribution < 1.29 is 9.59 Å². The summed E-state index contributed by atoms with van der Waals surface area (Å²) in [5.41, 5.74) is 2.27. The average molecular weight is 361 g/mol. The normalized spacial score (nSPS) is 12.2. The van der Waals surface area contributed by atoms with E-state index in [9.17, 15) is 9.59 Å². The lowest BCUT2D eigenvalue weighted by atomic mass is 9.91. The molecule has 4 rings (SSSR count). The fraction of sp³-hybridized carbons (Fsp3) is 0.100. The van der Waals surface area contributed by atoms with Crippen molar-refractivity contribution in [2.24, 2.45) is 0 Å². The largest absolute Gasteiger partial charge is 0.341 e. The minimum atomic E-state index is -1.05. The number of rotatable bonds is 5. The number of thiazole rings is 1. The second-order valence-electron chi connectivity index (χ2n) is 5.92. The van der Waals surface area contributed by atoms with Gasteiger partial charge < -0.3 is 4.98 Å². The first-order chi connectivity index (χ1) is 12.6. The molecule has 128 valence electrons. The highest BCUT2D eigenvalue weighted by Crippen LogP contribution is 2.26. The van der Waals surface area contributed by atoms with E-state index in [1.165, 1.54) is 11.3 Å². The summed E-state index contributed by atoms with van der Waals surface area (Å²) in [7, 11) is 0.